The zero-order valence-corrected chi connectivity index (χ0v) is 11.8. The van der Waals surface area contributed by atoms with Gasteiger partial charge in [0, 0.05) is 24.5 Å². The summed E-state index contributed by atoms with van der Waals surface area (Å²) >= 11 is 5.99. The van der Waals surface area contributed by atoms with E-state index in [0.29, 0.717) is 17.4 Å². The van der Waals surface area contributed by atoms with Gasteiger partial charge in [-0.1, -0.05) is 11.6 Å². The Labute approximate surface area is 125 Å². The van der Waals surface area contributed by atoms with Gasteiger partial charge in [0.25, 0.3) is 5.91 Å². The number of carbonyl (C=O) groups excluding carboxylic acids is 1. The van der Waals surface area contributed by atoms with E-state index in [9.17, 15) is 13.6 Å². The van der Waals surface area contributed by atoms with Gasteiger partial charge >= 0.3 is 0 Å². The fraction of sp³-hybridized carbons (Fsp3) is 0.143. The molecule has 4 nitrogen and oxygen atoms in total. The minimum atomic E-state index is -1.04. The van der Waals surface area contributed by atoms with Crippen LogP contribution in [0.3, 0.4) is 0 Å². The molecule has 0 saturated heterocycles. The highest BCUT2D eigenvalue weighted by Crippen LogP contribution is 2.21. The average Bonchev–Trinajstić information content (AvgIpc) is 2.45. The second-order valence-corrected chi connectivity index (χ2v) is 4.57. The number of hydrogen-bond donors (Lipinski definition) is 2. The van der Waals surface area contributed by atoms with Crippen molar-refractivity contribution in [1.29, 1.82) is 0 Å². The smallest absolute Gasteiger partial charge is 0.257 e. The van der Waals surface area contributed by atoms with Crippen LogP contribution in [0.25, 0.3) is 0 Å². The molecule has 0 aliphatic heterocycles. The van der Waals surface area contributed by atoms with E-state index >= 15 is 0 Å². The van der Waals surface area contributed by atoms with Gasteiger partial charge in [-0.2, -0.15) is 0 Å². The molecule has 0 aliphatic rings. The molecule has 0 atom stereocenters. The van der Waals surface area contributed by atoms with Crippen LogP contribution in [0.1, 0.15) is 17.3 Å². The lowest BCUT2D eigenvalue weighted by molar-refractivity contribution is 0.102. The highest BCUT2D eigenvalue weighted by atomic mass is 35.5. The minimum Gasteiger partial charge on any atom is -0.369 e. The summed E-state index contributed by atoms with van der Waals surface area (Å²) in [5, 5.41) is 5.68. The normalized spacial score (nSPS) is 10.3. The van der Waals surface area contributed by atoms with Gasteiger partial charge in [-0.05, 0) is 25.1 Å². The topological polar surface area (TPSA) is 54.0 Å². The summed E-state index contributed by atoms with van der Waals surface area (Å²) in [6, 6.07) is 4.54. The van der Waals surface area contributed by atoms with Crippen LogP contribution >= 0.6 is 11.6 Å². The lowest BCUT2D eigenvalue weighted by Crippen LogP contribution is -2.13. The lowest BCUT2D eigenvalue weighted by atomic mass is 10.2. The van der Waals surface area contributed by atoms with Crippen molar-refractivity contribution in [3.63, 3.8) is 0 Å². The van der Waals surface area contributed by atoms with Crippen molar-refractivity contribution in [3.8, 4) is 0 Å². The van der Waals surface area contributed by atoms with Gasteiger partial charge in [0.1, 0.15) is 5.82 Å². The van der Waals surface area contributed by atoms with Crippen LogP contribution in [0.5, 0.6) is 0 Å². The van der Waals surface area contributed by atoms with E-state index in [1.165, 1.54) is 18.3 Å². The molecule has 0 unspecified atom stereocenters. The van der Waals surface area contributed by atoms with E-state index < -0.39 is 17.5 Å². The van der Waals surface area contributed by atoms with Gasteiger partial charge in [0.2, 0.25) is 0 Å². The van der Waals surface area contributed by atoms with Crippen molar-refractivity contribution in [2.45, 2.75) is 6.92 Å². The minimum absolute atomic E-state index is 0.144. The second-order valence-electron chi connectivity index (χ2n) is 4.17. The van der Waals surface area contributed by atoms with Crippen molar-refractivity contribution < 1.29 is 13.6 Å². The van der Waals surface area contributed by atoms with Gasteiger partial charge in [-0.15, -0.1) is 0 Å². The first kappa shape index (κ1) is 15.2. The second kappa shape index (κ2) is 6.49. The van der Waals surface area contributed by atoms with E-state index in [0.717, 1.165) is 12.1 Å². The summed E-state index contributed by atoms with van der Waals surface area (Å²) < 4.78 is 25.9. The fourth-order valence-corrected chi connectivity index (χ4v) is 1.87. The summed E-state index contributed by atoms with van der Waals surface area (Å²) in [4.78, 5) is 16.0. The molecule has 7 heteroatoms. The molecular weight excluding hydrogens is 300 g/mol. The Morgan fingerprint density at radius 1 is 1.29 bits per heavy atom. The number of halogens is 3. The number of nitrogens with zero attached hydrogens (tertiary/aromatic N) is 1. The van der Waals surface area contributed by atoms with Gasteiger partial charge in [0.05, 0.1) is 10.6 Å². The molecule has 1 amide bonds. The van der Waals surface area contributed by atoms with Crippen LogP contribution in [0.15, 0.2) is 30.5 Å². The number of pyridine rings is 1. The third-order valence-electron chi connectivity index (χ3n) is 2.63. The van der Waals surface area contributed by atoms with Gasteiger partial charge < -0.3 is 10.6 Å². The van der Waals surface area contributed by atoms with Crippen LogP contribution in [-0.4, -0.2) is 17.4 Å². The maximum atomic E-state index is 13.1. The van der Waals surface area contributed by atoms with E-state index in [1.807, 2.05) is 6.92 Å². The van der Waals surface area contributed by atoms with Crippen LogP contribution in [0.4, 0.5) is 20.3 Å². The van der Waals surface area contributed by atoms with E-state index in [-0.39, 0.29) is 11.3 Å². The Morgan fingerprint density at radius 3 is 2.67 bits per heavy atom. The van der Waals surface area contributed by atoms with Crippen molar-refractivity contribution in [2.24, 2.45) is 0 Å². The summed E-state index contributed by atoms with van der Waals surface area (Å²) in [5.74, 6) is -2.05. The van der Waals surface area contributed by atoms with E-state index in [2.05, 4.69) is 15.6 Å². The first-order valence-corrected chi connectivity index (χ1v) is 6.55. The molecule has 1 heterocycles. The van der Waals surface area contributed by atoms with Crippen molar-refractivity contribution in [3.05, 3.63) is 52.7 Å². The summed E-state index contributed by atoms with van der Waals surface area (Å²) in [5.41, 5.74) is 0.358. The molecule has 0 fully saturated rings. The zero-order valence-electron chi connectivity index (χ0n) is 11.1. The van der Waals surface area contributed by atoms with Gasteiger partial charge in [-0.3, -0.25) is 4.79 Å². The first-order chi connectivity index (χ1) is 10.0. The molecule has 1 aromatic heterocycles. The van der Waals surface area contributed by atoms with E-state index in [1.54, 1.807) is 0 Å². The van der Waals surface area contributed by atoms with Crippen molar-refractivity contribution in [1.82, 2.24) is 4.98 Å². The van der Waals surface area contributed by atoms with Crippen LogP contribution in [-0.2, 0) is 0 Å². The average molecular weight is 312 g/mol. The Bertz CT molecular complexity index is 679. The Hall–Kier alpha value is -2.21. The van der Waals surface area contributed by atoms with E-state index in [4.69, 9.17) is 11.6 Å². The summed E-state index contributed by atoms with van der Waals surface area (Å²) in [6.45, 7) is 2.54. The van der Waals surface area contributed by atoms with Crippen LogP contribution in [0.2, 0.25) is 5.02 Å². The lowest BCUT2D eigenvalue weighted by Gasteiger charge is -2.08. The highest BCUT2D eigenvalue weighted by Gasteiger charge is 2.11. The van der Waals surface area contributed by atoms with Crippen molar-refractivity contribution in [2.75, 3.05) is 17.2 Å². The Morgan fingerprint density at radius 2 is 2.05 bits per heavy atom. The number of carbonyl (C=O) groups is 1. The molecule has 0 aliphatic carbocycles. The zero-order chi connectivity index (χ0) is 15.4. The fourth-order valence-electron chi connectivity index (χ4n) is 1.64. The van der Waals surface area contributed by atoms with Crippen molar-refractivity contribution >= 4 is 29.0 Å². The third kappa shape index (κ3) is 3.66. The molecule has 110 valence electrons. The Balaban J connectivity index is 2.16. The van der Waals surface area contributed by atoms with Crippen LogP contribution < -0.4 is 10.6 Å². The number of rotatable bonds is 4. The maximum Gasteiger partial charge on any atom is 0.257 e. The predicted molar refractivity (Wildman–Crippen MR) is 77.7 cm³/mol. The maximum absolute atomic E-state index is 13.1. The number of hydrogen-bond acceptors (Lipinski definition) is 3. The molecule has 0 spiro atoms. The predicted octanol–water partition coefficient (Wildman–Crippen LogP) is 3.70. The van der Waals surface area contributed by atoms with Gasteiger partial charge in [0.15, 0.2) is 11.6 Å². The number of amides is 1. The first-order valence-electron chi connectivity index (χ1n) is 6.17. The molecule has 2 aromatic rings. The van der Waals surface area contributed by atoms with Gasteiger partial charge in [-0.25, -0.2) is 13.8 Å². The largest absolute Gasteiger partial charge is 0.369 e. The molecule has 21 heavy (non-hydrogen) atoms. The molecule has 2 rings (SSSR count). The molecular formula is C14H12ClF2N3O. The number of nitrogens with one attached hydrogen (secondary N) is 2. The monoisotopic (exact) mass is 311 g/mol. The molecule has 0 bridgehead atoms. The SMILES string of the molecule is CCNc1ncc(C(=O)Nc2ccc(F)c(F)c2)cc1Cl. The number of aromatic nitrogens is 1. The summed E-state index contributed by atoms with van der Waals surface area (Å²) in [7, 11) is 0. The molecule has 2 N–H and O–H groups in total. The number of anilines is 2. The quantitative estimate of drug-likeness (QED) is 0.905. The highest BCUT2D eigenvalue weighted by molar-refractivity contribution is 6.33. The Kier molecular flexibility index (Phi) is 4.70. The third-order valence-corrected chi connectivity index (χ3v) is 2.91. The molecule has 0 saturated carbocycles. The number of benzene rings is 1. The summed E-state index contributed by atoms with van der Waals surface area (Å²) in [6.07, 6.45) is 1.35. The standard InChI is InChI=1S/C14H12ClF2N3O/c1-2-18-13-10(15)5-8(7-19-13)14(21)20-9-3-4-11(16)12(17)6-9/h3-7H,2H2,1H3,(H,18,19)(H,20,21). The molecule has 0 radical (unpaired) electrons. The van der Waals surface area contributed by atoms with Crippen LogP contribution in [0, 0.1) is 11.6 Å². The molecule has 1 aromatic carbocycles.